The molecule has 0 aliphatic carbocycles. The zero-order chi connectivity index (χ0) is 23.7. The molecule has 2 rings (SSSR count). The zero-order valence-electron chi connectivity index (χ0n) is 20.3. The second-order valence-electron chi connectivity index (χ2n) is 8.61. The number of aromatic amines is 1. The topological polar surface area (TPSA) is 101 Å². The van der Waals surface area contributed by atoms with Crippen LogP contribution in [0.4, 0.5) is 11.5 Å². The fourth-order valence-electron chi connectivity index (χ4n) is 4.01. The number of nitrogens with two attached hydrogens (primary N) is 1. The van der Waals surface area contributed by atoms with E-state index in [-0.39, 0.29) is 13.2 Å². The Kier molecular flexibility index (Phi) is 13.4. The van der Waals surface area contributed by atoms with E-state index in [0.717, 1.165) is 36.8 Å². The molecule has 1 amide bonds. The van der Waals surface area contributed by atoms with Gasteiger partial charge in [-0.1, -0.05) is 64.7 Å². The lowest BCUT2D eigenvalue weighted by Gasteiger charge is -2.16. The molecule has 0 saturated carbocycles. The first-order valence-electron chi connectivity index (χ1n) is 12.7. The summed E-state index contributed by atoms with van der Waals surface area (Å²) in [5, 5.41) is 9.71. The van der Waals surface area contributed by atoms with Gasteiger partial charge in [-0.3, -0.25) is 9.69 Å². The molecule has 186 valence electrons. The van der Waals surface area contributed by atoms with Crippen molar-refractivity contribution >= 4 is 28.8 Å². The van der Waals surface area contributed by atoms with Crippen LogP contribution in [0, 0.1) is 0 Å². The summed E-state index contributed by atoms with van der Waals surface area (Å²) in [5.41, 5.74) is 7.64. The molecule has 33 heavy (non-hydrogen) atoms. The molecule has 0 radical (unpaired) electrons. The molecule has 1 aromatic carbocycles. The zero-order valence-corrected chi connectivity index (χ0v) is 20.3. The van der Waals surface area contributed by atoms with Crippen molar-refractivity contribution < 1.29 is 19.4 Å². The lowest BCUT2D eigenvalue weighted by Crippen LogP contribution is -2.24. The molecule has 0 spiro atoms. The third kappa shape index (κ3) is 9.64. The highest BCUT2D eigenvalue weighted by Gasteiger charge is 2.15. The minimum atomic E-state index is -0.0495. The highest BCUT2D eigenvalue weighted by Crippen LogP contribution is 2.33. The van der Waals surface area contributed by atoms with Crippen LogP contribution in [0.25, 0.3) is 10.9 Å². The number of ether oxygens (including phenoxy) is 2. The Bertz CT molecular complexity index is 793. The number of rotatable bonds is 20. The molecule has 0 fully saturated rings. The van der Waals surface area contributed by atoms with Gasteiger partial charge in [0.2, 0.25) is 6.41 Å². The van der Waals surface area contributed by atoms with Crippen LogP contribution in [-0.2, 0) is 9.53 Å². The highest BCUT2D eigenvalue weighted by molar-refractivity contribution is 6.01. The molecule has 0 saturated heterocycles. The van der Waals surface area contributed by atoms with E-state index in [1.165, 1.54) is 57.8 Å². The van der Waals surface area contributed by atoms with Crippen LogP contribution in [0.3, 0.4) is 0 Å². The molecule has 0 aliphatic rings. The summed E-state index contributed by atoms with van der Waals surface area (Å²) in [5.74, 6) is 1.22. The number of aliphatic hydroxyl groups excluding tert-OH is 1. The highest BCUT2D eigenvalue weighted by atomic mass is 16.5. The van der Waals surface area contributed by atoms with E-state index >= 15 is 0 Å². The normalized spacial score (nSPS) is 11.2. The average Bonchev–Trinajstić information content (AvgIpc) is 3.16. The summed E-state index contributed by atoms with van der Waals surface area (Å²) >= 11 is 0. The first-order chi connectivity index (χ1) is 16.2. The number of carbonyl (C=O) groups excluding carboxylic acids is 1. The van der Waals surface area contributed by atoms with Gasteiger partial charge in [0.15, 0.2) is 0 Å². The van der Waals surface area contributed by atoms with Crippen molar-refractivity contribution in [3.05, 3.63) is 18.2 Å². The Morgan fingerprint density at radius 1 is 0.970 bits per heavy atom. The van der Waals surface area contributed by atoms with Crippen molar-refractivity contribution in [1.82, 2.24) is 4.98 Å². The number of unbranched alkanes of at least 4 members (excludes halogenated alkanes) is 9. The van der Waals surface area contributed by atoms with Gasteiger partial charge in [-0.2, -0.15) is 0 Å². The number of benzene rings is 1. The summed E-state index contributed by atoms with van der Waals surface area (Å²) in [4.78, 5) is 16.5. The van der Waals surface area contributed by atoms with E-state index in [4.69, 9.17) is 20.3 Å². The van der Waals surface area contributed by atoms with E-state index in [0.29, 0.717) is 30.4 Å². The third-order valence-electron chi connectivity index (χ3n) is 5.89. The van der Waals surface area contributed by atoms with Crippen molar-refractivity contribution in [2.75, 3.05) is 43.6 Å². The van der Waals surface area contributed by atoms with Crippen molar-refractivity contribution in [3.8, 4) is 5.75 Å². The summed E-state index contributed by atoms with van der Waals surface area (Å²) < 4.78 is 11.2. The SMILES string of the molecule is CCCCCCCCCCCCOCCCN(C=O)c1[nH]c2ccc(OCCO)cc2c1N. The molecule has 7 heteroatoms. The van der Waals surface area contributed by atoms with E-state index in [1.807, 2.05) is 18.2 Å². The van der Waals surface area contributed by atoms with Crippen LogP contribution in [0.2, 0.25) is 0 Å². The largest absolute Gasteiger partial charge is 0.491 e. The Hall–Kier alpha value is -2.25. The predicted molar refractivity (Wildman–Crippen MR) is 136 cm³/mol. The number of amides is 1. The molecule has 1 heterocycles. The van der Waals surface area contributed by atoms with Crippen LogP contribution in [0.5, 0.6) is 5.75 Å². The number of H-pyrrole nitrogens is 1. The number of hydrogen-bond acceptors (Lipinski definition) is 5. The summed E-state index contributed by atoms with van der Waals surface area (Å²) in [6, 6.07) is 5.49. The van der Waals surface area contributed by atoms with Crippen molar-refractivity contribution in [1.29, 1.82) is 0 Å². The number of hydrogen-bond donors (Lipinski definition) is 3. The molecule has 7 nitrogen and oxygen atoms in total. The first kappa shape index (κ1) is 27.0. The number of aromatic nitrogens is 1. The summed E-state index contributed by atoms with van der Waals surface area (Å²) in [6.45, 7) is 4.37. The quantitative estimate of drug-likeness (QED) is 0.181. The number of fused-ring (bicyclic) bond motifs is 1. The second-order valence-corrected chi connectivity index (χ2v) is 8.61. The third-order valence-corrected chi connectivity index (χ3v) is 5.89. The number of carbonyl (C=O) groups is 1. The van der Waals surface area contributed by atoms with Gasteiger partial charge in [0.05, 0.1) is 12.3 Å². The lowest BCUT2D eigenvalue weighted by atomic mass is 10.1. The predicted octanol–water partition coefficient (Wildman–Crippen LogP) is 5.41. The summed E-state index contributed by atoms with van der Waals surface area (Å²) in [7, 11) is 0. The molecular weight excluding hydrogens is 418 g/mol. The number of anilines is 2. The molecule has 0 aliphatic heterocycles. The van der Waals surface area contributed by atoms with Gasteiger partial charge in [0.25, 0.3) is 0 Å². The first-order valence-corrected chi connectivity index (χ1v) is 12.7. The fraction of sp³-hybridized carbons (Fsp3) is 0.654. The number of nitrogen functional groups attached to an aromatic ring is 1. The smallest absolute Gasteiger partial charge is 0.215 e. The van der Waals surface area contributed by atoms with Gasteiger partial charge in [-0.25, -0.2) is 0 Å². The molecule has 1 aromatic heterocycles. The van der Waals surface area contributed by atoms with Gasteiger partial charge in [-0.05, 0) is 31.0 Å². The maximum atomic E-state index is 11.7. The molecule has 2 aromatic rings. The molecule has 0 unspecified atom stereocenters. The maximum Gasteiger partial charge on any atom is 0.215 e. The van der Waals surface area contributed by atoms with Gasteiger partial charge < -0.3 is 25.3 Å². The molecule has 4 N–H and O–H groups in total. The number of nitrogens with one attached hydrogen (secondary N) is 1. The number of nitrogens with zero attached hydrogens (tertiary/aromatic N) is 1. The minimum absolute atomic E-state index is 0.0495. The van der Waals surface area contributed by atoms with Gasteiger partial charge in [0.1, 0.15) is 18.2 Å². The summed E-state index contributed by atoms with van der Waals surface area (Å²) in [6.07, 6.45) is 14.7. The minimum Gasteiger partial charge on any atom is -0.491 e. The fourth-order valence-corrected chi connectivity index (χ4v) is 4.01. The van der Waals surface area contributed by atoms with Crippen LogP contribution in [0.15, 0.2) is 18.2 Å². The van der Waals surface area contributed by atoms with Crippen molar-refractivity contribution in [2.45, 2.75) is 77.6 Å². The van der Waals surface area contributed by atoms with E-state index in [9.17, 15) is 4.79 Å². The Morgan fingerprint density at radius 2 is 1.64 bits per heavy atom. The monoisotopic (exact) mass is 461 g/mol. The Balaban J connectivity index is 1.62. The van der Waals surface area contributed by atoms with Gasteiger partial charge in [0, 0.05) is 30.7 Å². The lowest BCUT2D eigenvalue weighted by molar-refractivity contribution is -0.107. The van der Waals surface area contributed by atoms with Crippen LogP contribution >= 0.6 is 0 Å². The molecule has 0 atom stereocenters. The van der Waals surface area contributed by atoms with Crippen LogP contribution in [-0.4, -0.2) is 49.5 Å². The molecule has 0 bridgehead atoms. The van der Waals surface area contributed by atoms with Crippen LogP contribution in [0.1, 0.15) is 77.6 Å². The van der Waals surface area contributed by atoms with Gasteiger partial charge in [-0.15, -0.1) is 0 Å². The second kappa shape index (κ2) is 16.4. The van der Waals surface area contributed by atoms with Crippen LogP contribution < -0.4 is 15.4 Å². The van der Waals surface area contributed by atoms with E-state index < -0.39 is 0 Å². The van der Waals surface area contributed by atoms with Gasteiger partial charge >= 0.3 is 0 Å². The average molecular weight is 462 g/mol. The van der Waals surface area contributed by atoms with E-state index in [2.05, 4.69) is 11.9 Å². The van der Waals surface area contributed by atoms with E-state index in [1.54, 1.807) is 4.90 Å². The maximum absolute atomic E-state index is 11.7. The Morgan fingerprint density at radius 3 is 2.30 bits per heavy atom. The van der Waals surface area contributed by atoms with Crippen molar-refractivity contribution in [2.24, 2.45) is 0 Å². The number of aliphatic hydroxyl groups is 1. The van der Waals surface area contributed by atoms with Crippen molar-refractivity contribution in [3.63, 3.8) is 0 Å². The molecular formula is C26H43N3O4. The Labute approximate surface area is 198 Å². The standard InChI is InChI=1S/C26H43N3O4/c1-2-3-4-5-6-7-8-9-10-11-17-32-18-12-15-29(21-31)26-25(27)23-20-22(33-19-16-30)13-14-24(23)28-26/h13-14,20-21,28,30H,2-12,15-19,27H2,1H3.